The van der Waals surface area contributed by atoms with E-state index in [0.717, 1.165) is 11.5 Å². The van der Waals surface area contributed by atoms with Gasteiger partial charge in [-0.3, -0.25) is 5.32 Å². The number of amides is 2. The third kappa shape index (κ3) is 3.31. The summed E-state index contributed by atoms with van der Waals surface area (Å²) in [7, 11) is 0. The maximum Gasteiger partial charge on any atom is 0.337 e. The van der Waals surface area contributed by atoms with Gasteiger partial charge in [-0.1, -0.05) is 6.07 Å². The Hall–Kier alpha value is -2.00. The number of nitrogens with one attached hydrogen (secondary N) is 2. The number of aromatic carboxylic acids is 1. The molecule has 2 rings (SSSR count). The van der Waals surface area contributed by atoms with E-state index in [1.165, 1.54) is 6.07 Å². The number of aromatic nitrogens is 2. The molecule has 2 amide bonds. The Morgan fingerprint density at radius 3 is 2.70 bits per heavy atom. The maximum absolute atomic E-state index is 11.8. The Morgan fingerprint density at radius 2 is 2.10 bits per heavy atom. The molecule has 1 aromatic carbocycles. The summed E-state index contributed by atoms with van der Waals surface area (Å²) in [6.45, 7) is 1.70. The molecule has 20 heavy (non-hydrogen) atoms. The van der Waals surface area contributed by atoms with Crippen LogP contribution in [0.15, 0.2) is 22.7 Å². The molecular weight excluding hydrogens is 348 g/mol. The lowest BCUT2D eigenvalue weighted by atomic mass is 10.2. The van der Waals surface area contributed by atoms with Crippen molar-refractivity contribution in [1.29, 1.82) is 0 Å². The third-order valence-corrected chi connectivity index (χ3v) is 3.61. The number of benzene rings is 1. The van der Waals surface area contributed by atoms with Gasteiger partial charge in [0.1, 0.15) is 5.82 Å². The van der Waals surface area contributed by atoms with E-state index in [2.05, 4.69) is 35.9 Å². The Bertz CT molecular complexity index is 673. The van der Waals surface area contributed by atoms with E-state index in [1.54, 1.807) is 19.1 Å². The molecule has 0 aliphatic heterocycles. The number of urea groups is 1. The molecule has 9 heteroatoms. The van der Waals surface area contributed by atoms with Crippen LogP contribution in [-0.2, 0) is 0 Å². The normalized spacial score (nSPS) is 10.1. The molecule has 0 saturated heterocycles. The van der Waals surface area contributed by atoms with E-state index in [1.807, 2.05) is 0 Å². The van der Waals surface area contributed by atoms with Gasteiger partial charge in [-0.15, -0.1) is 0 Å². The molecule has 3 N–H and O–H groups in total. The summed E-state index contributed by atoms with van der Waals surface area (Å²) < 4.78 is 4.40. The summed E-state index contributed by atoms with van der Waals surface area (Å²) >= 11 is 4.24. The van der Waals surface area contributed by atoms with Crippen molar-refractivity contribution in [2.75, 3.05) is 10.6 Å². The Kier molecular flexibility index (Phi) is 4.30. The summed E-state index contributed by atoms with van der Waals surface area (Å²) in [6.07, 6.45) is 0. The maximum atomic E-state index is 11.8. The first-order chi connectivity index (χ1) is 9.47. The van der Waals surface area contributed by atoms with Gasteiger partial charge in [-0.05, 0) is 35.0 Å². The molecule has 0 fully saturated rings. The van der Waals surface area contributed by atoms with Crippen LogP contribution in [-0.4, -0.2) is 26.5 Å². The minimum atomic E-state index is -1.13. The van der Waals surface area contributed by atoms with Gasteiger partial charge in [-0.2, -0.15) is 4.37 Å². The largest absolute Gasteiger partial charge is 0.478 e. The van der Waals surface area contributed by atoms with E-state index in [-0.39, 0.29) is 11.3 Å². The van der Waals surface area contributed by atoms with E-state index in [4.69, 9.17) is 5.11 Å². The number of nitrogens with zero attached hydrogens (tertiary/aromatic N) is 2. The fourth-order valence-corrected chi connectivity index (χ4v) is 2.46. The van der Waals surface area contributed by atoms with E-state index >= 15 is 0 Å². The second-order valence-electron chi connectivity index (χ2n) is 3.69. The van der Waals surface area contributed by atoms with Crippen molar-refractivity contribution in [3.63, 3.8) is 0 Å². The average molecular weight is 357 g/mol. The lowest BCUT2D eigenvalue weighted by Crippen LogP contribution is -2.21. The molecule has 0 radical (unpaired) electrons. The Morgan fingerprint density at radius 1 is 1.35 bits per heavy atom. The first-order valence-corrected chi connectivity index (χ1v) is 6.94. The standard InChI is InChI=1S/C11H9BrN4O3S/c1-5-13-11(20-16-5)15-10(19)14-8-6(9(17)18)3-2-4-7(8)12/h2-4H,1H3,(H,17,18)(H2,13,14,15,16,19). The molecular formula is C11H9BrN4O3S. The van der Waals surface area contributed by atoms with Crippen molar-refractivity contribution < 1.29 is 14.7 Å². The van der Waals surface area contributed by atoms with Gasteiger partial charge in [0, 0.05) is 16.0 Å². The number of para-hydroxylation sites is 1. The van der Waals surface area contributed by atoms with Crippen LogP contribution in [0.1, 0.15) is 16.2 Å². The minimum absolute atomic E-state index is 0.0111. The van der Waals surface area contributed by atoms with Crippen LogP contribution < -0.4 is 10.6 Å². The van der Waals surface area contributed by atoms with Gasteiger partial charge in [0.2, 0.25) is 5.13 Å². The van der Waals surface area contributed by atoms with Gasteiger partial charge in [-0.25, -0.2) is 14.6 Å². The summed E-state index contributed by atoms with van der Waals surface area (Å²) in [5, 5.41) is 14.4. The highest BCUT2D eigenvalue weighted by atomic mass is 79.9. The molecule has 0 bridgehead atoms. The molecule has 0 aliphatic rings. The molecule has 1 heterocycles. The Labute approximate surface area is 126 Å². The predicted octanol–water partition coefficient (Wildman–Crippen LogP) is 2.95. The monoisotopic (exact) mass is 356 g/mol. The van der Waals surface area contributed by atoms with Crippen molar-refractivity contribution >= 4 is 50.3 Å². The molecule has 0 saturated carbocycles. The average Bonchev–Trinajstić information content (AvgIpc) is 2.77. The first-order valence-electron chi connectivity index (χ1n) is 5.37. The van der Waals surface area contributed by atoms with Crippen LogP contribution in [0.4, 0.5) is 15.6 Å². The SMILES string of the molecule is Cc1nsc(NC(=O)Nc2c(Br)cccc2C(=O)O)n1. The van der Waals surface area contributed by atoms with Crippen molar-refractivity contribution in [2.45, 2.75) is 6.92 Å². The molecule has 104 valence electrons. The molecule has 0 atom stereocenters. The van der Waals surface area contributed by atoms with Crippen molar-refractivity contribution in [3.05, 3.63) is 34.1 Å². The number of hydrogen-bond donors (Lipinski definition) is 3. The van der Waals surface area contributed by atoms with Crippen LogP contribution in [0.5, 0.6) is 0 Å². The Balaban J connectivity index is 2.17. The minimum Gasteiger partial charge on any atom is -0.478 e. The number of aryl methyl sites for hydroxylation is 1. The molecule has 2 aromatic rings. The van der Waals surface area contributed by atoms with E-state index in [9.17, 15) is 9.59 Å². The summed E-state index contributed by atoms with van der Waals surface area (Å²) in [5.74, 6) is -0.578. The number of carbonyl (C=O) groups excluding carboxylic acids is 1. The zero-order chi connectivity index (χ0) is 14.7. The van der Waals surface area contributed by atoms with Gasteiger partial charge >= 0.3 is 12.0 Å². The van der Waals surface area contributed by atoms with Crippen LogP contribution in [0.25, 0.3) is 0 Å². The quantitative estimate of drug-likeness (QED) is 0.784. The van der Waals surface area contributed by atoms with Crippen LogP contribution in [0, 0.1) is 6.92 Å². The molecule has 0 unspecified atom stereocenters. The summed E-state index contributed by atoms with van der Waals surface area (Å²) in [6, 6.07) is 4.02. The second kappa shape index (κ2) is 5.97. The van der Waals surface area contributed by atoms with Crippen LogP contribution in [0.2, 0.25) is 0 Å². The fourth-order valence-electron chi connectivity index (χ4n) is 1.42. The van der Waals surface area contributed by atoms with Crippen LogP contribution in [0.3, 0.4) is 0 Å². The topological polar surface area (TPSA) is 104 Å². The summed E-state index contributed by atoms with van der Waals surface area (Å²) in [5.41, 5.74) is 0.168. The highest BCUT2D eigenvalue weighted by molar-refractivity contribution is 9.10. The van der Waals surface area contributed by atoms with Gasteiger partial charge in [0.25, 0.3) is 0 Å². The van der Waals surface area contributed by atoms with Gasteiger partial charge < -0.3 is 10.4 Å². The number of carboxylic acid groups (broad SMARTS) is 1. The molecule has 1 aromatic heterocycles. The molecule has 0 spiro atoms. The molecule has 0 aliphatic carbocycles. The van der Waals surface area contributed by atoms with Crippen molar-refractivity contribution in [1.82, 2.24) is 9.36 Å². The lowest BCUT2D eigenvalue weighted by molar-refractivity contribution is 0.0698. The van der Waals surface area contributed by atoms with Gasteiger partial charge in [0.05, 0.1) is 11.3 Å². The first kappa shape index (κ1) is 14.4. The fraction of sp³-hybridized carbons (Fsp3) is 0.0909. The van der Waals surface area contributed by atoms with Crippen molar-refractivity contribution in [3.8, 4) is 0 Å². The zero-order valence-corrected chi connectivity index (χ0v) is 12.6. The lowest BCUT2D eigenvalue weighted by Gasteiger charge is -2.10. The number of anilines is 2. The molecule has 7 nitrogen and oxygen atoms in total. The number of carbonyl (C=O) groups is 2. The predicted molar refractivity (Wildman–Crippen MR) is 78.4 cm³/mol. The van der Waals surface area contributed by atoms with Gasteiger partial charge in [0.15, 0.2) is 0 Å². The third-order valence-electron chi connectivity index (χ3n) is 2.23. The highest BCUT2D eigenvalue weighted by Crippen LogP contribution is 2.26. The zero-order valence-electron chi connectivity index (χ0n) is 10.2. The smallest absolute Gasteiger partial charge is 0.337 e. The highest BCUT2D eigenvalue weighted by Gasteiger charge is 2.15. The van der Waals surface area contributed by atoms with E-state index in [0.29, 0.717) is 15.4 Å². The number of rotatable bonds is 3. The number of carboxylic acids is 1. The number of halogens is 1. The van der Waals surface area contributed by atoms with E-state index < -0.39 is 12.0 Å². The van der Waals surface area contributed by atoms with Crippen molar-refractivity contribution in [2.24, 2.45) is 0 Å². The summed E-state index contributed by atoms with van der Waals surface area (Å²) in [4.78, 5) is 26.9. The number of hydrogen-bond acceptors (Lipinski definition) is 5. The second-order valence-corrected chi connectivity index (χ2v) is 5.30. The van der Waals surface area contributed by atoms with Crippen LogP contribution >= 0.6 is 27.5 Å².